The molecule has 154 valence electrons. The summed E-state index contributed by atoms with van der Waals surface area (Å²) >= 11 is 0. The molecule has 1 aliphatic heterocycles. The van der Waals surface area contributed by atoms with Gasteiger partial charge in [0.05, 0.1) is 25.1 Å². The Labute approximate surface area is 164 Å². The average molecular weight is 404 g/mol. The molecule has 0 spiro atoms. The third-order valence-corrected chi connectivity index (χ3v) is 4.33. The van der Waals surface area contributed by atoms with Gasteiger partial charge in [0.1, 0.15) is 5.52 Å². The molecule has 0 bridgehead atoms. The maximum absolute atomic E-state index is 13.1. The van der Waals surface area contributed by atoms with Crippen molar-refractivity contribution in [3.8, 4) is 6.07 Å². The minimum absolute atomic E-state index is 0.0495. The number of carbonyl (C=O) groups is 2. The minimum Gasteiger partial charge on any atom is -0.457 e. The molecule has 2 N–H and O–H groups in total. The normalized spacial score (nSPS) is 21.1. The van der Waals surface area contributed by atoms with E-state index in [1.165, 1.54) is 22.3 Å². The summed E-state index contributed by atoms with van der Waals surface area (Å²) in [6.07, 6.45) is -1.35. The van der Waals surface area contributed by atoms with Crippen molar-refractivity contribution < 1.29 is 23.8 Å². The third-order valence-electron chi connectivity index (χ3n) is 4.33. The highest BCUT2D eigenvalue weighted by Crippen LogP contribution is 2.33. The van der Waals surface area contributed by atoms with Gasteiger partial charge in [-0.05, 0) is 0 Å². The lowest BCUT2D eigenvalue weighted by molar-refractivity contribution is -0.183. The number of aromatic nitrogens is 4. The van der Waals surface area contributed by atoms with E-state index >= 15 is 0 Å². The number of ether oxygens (including phenoxy) is 3. The van der Waals surface area contributed by atoms with Gasteiger partial charge < -0.3 is 19.9 Å². The fourth-order valence-corrected chi connectivity index (χ4v) is 3.14. The summed E-state index contributed by atoms with van der Waals surface area (Å²) in [7, 11) is 0. The highest BCUT2D eigenvalue weighted by Gasteiger charge is 2.43. The molecule has 3 rings (SSSR count). The van der Waals surface area contributed by atoms with Crippen molar-refractivity contribution in [1.29, 1.82) is 5.26 Å². The van der Waals surface area contributed by atoms with Crippen LogP contribution in [0.5, 0.6) is 0 Å². The molecular weight excluding hydrogens is 384 g/mol. The second-order valence-corrected chi connectivity index (χ2v) is 6.33. The van der Waals surface area contributed by atoms with Crippen LogP contribution in [0.2, 0.25) is 0 Å². The molecule has 0 aliphatic carbocycles. The Morgan fingerprint density at radius 2 is 2.21 bits per heavy atom. The standard InChI is InChI=1S/C17H20N6O6/c1-3-12(25)28-13-7-11(27-9(2)24)15(29-13)23-14-10(8-20-16(19)21-14)22(17(23)26)6-4-5-18/h8,11,13,15H,3-4,6-7H2,1-2H3,(H2,19,20,21)/t11-,13-,15-/m1/s1. The van der Waals surface area contributed by atoms with Crippen LogP contribution in [0, 0.1) is 11.3 Å². The number of nitriles is 1. The molecule has 0 unspecified atom stereocenters. The number of rotatable bonds is 6. The van der Waals surface area contributed by atoms with Crippen LogP contribution in [0.3, 0.4) is 0 Å². The number of hydrogen-bond acceptors (Lipinski definition) is 10. The molecule has 3 atom stereocenters. The number of anilines is 1. The van der Waals surface area contributed by atoms with Crippen molar-refractivity contribution in [1.82, 2.24) is 19.1 Å². The maximum atomic E-state index is 13.1. The zero-order chi connectivity index (χ0) is 21.1. The van der Waals surface area contributed by atoms with Crippen molar-refractivity contribution in [3.63, 3.8) is 0 Å². The Hall–Kier alpha value is -3.46. The van der Waals surface area contributed by atoms with Gasteiger partial charge in [-0.2, -0.15) is 10.2 Å². The molecule has 12 heteroatoms. The highest BCUT2D eigenvalue weighted by atomic mass is 16.7. The van der Waals surface area contributed by atoms with E-state index in [1.807, 2.05) is 6.07 Å². The Bertz CT molecular complexity index is 1040. The largest absolute Gasteiger partial charge is 0.457 e. The SMILES string of the molecule is CCC(=O)O[C@H]1C[C@@H](OC(C)=O)[C@H](n2c(=O)n(CCC#N)c3cnc(N)nc32)O1. The van der Waals surface area contributed by atoms with Gasteiger partial charge in [-0.15, -0.1) is 0 Å². The predicted octanol–water partition coefficient (Wildman–Crippen LogP) is 0.219. The van der Waals surface area contributed by atoms with E-state index in [-0.39, 0.29) is 37.4 Å². The number of fused-ring (bicyclic) bond motifs is 1. The van der Waals surface area contributed by atoms with Crippen LogP contribution in [0.15, 0.2) is 11.0 Å². The summed E-state index contributed by atoms with van der Waals surface area (Å²) < 4.78 is 18.7. The topological polar surface area (TPSA) is 164 Å². The highest BCUT2D eigenvalue weighted by molar-refractivity contribution is 5.72. The van der Waals surface area contributed by atoms with Crippen molar-refractivity contribution in [2.45, 2.75) is 58.3 Å². The lowest BCUT2D eigenvalue weighted by Gasteiger charge is -2.18. The Morgan fingerprint density at radius 1 is 1.45 bits per heavy atom. The Balaban J connectivity index is 2.08. The molecule has 2 aromatic heterocycles. The van der Waals surface area contributed by atoms with Gasteiger partial charge in [-0.3, -0.25) is 14.2 Å². The van der Waals surface area contributed by atoms with Crippen LogP contribution in [0.4, 0.5) is 5.95 Å². The number of nitrogen functional groups attached to an aromatic ring is 1. The van der Waals surface area contributed by atoms with Gasteiger partial charge in [-0.1, -0.05) is 6.92 Å². The second kappa shape index (κ2) is 8.27. The zero-order valence-corrected chi connectivity index (χ0v) is 15.9. The third kappa shape index (κ3) is 4.04. The monoisotopic (exact) mass is 404 g/mol. The summed E-state index contributed by atoms with van der Waals surface area (Å²) in [6.45, 7) is 2.96. The Kier molecular flexibility index (Phi) is 5.79. The molecule has 1 fully saturated rings. The van der Waals surface area contributed by atoms with E-state index in [0.29, 0.717) is 5.52 Å². The number of imidazole rings is 1. The fourth-order valence-electron chi connectivity index (χ4n) is 3.14. The van der Waals surface area contributed by atoms with Crippen LogP contribution in [-0.4, -0.2) is 43.4 Å². The molecule has 12 nitrogen and oxygen atoms in total. The van der Waals surface area contributed by atoms with Gasteiger partial charge in [-0.25, -0.2) is 14.3 Å². The van der Waals surface area contributed by atoms with Crippen LogP contribution >= 0.6 is 0 Å². The van der Waals surface area contributed by atoms with E-state index in [9.17, 15) is 14.4 Å². The fraction of sp³-hybridized carbons (Fsp3) is 0.529. The summed E-state index contributed by atoms with van der Waals surface area (Å²) in [6, 6.07) is 1.98. The first-order valence-electron chi connectivity index (χ1n) is 8.98. The van der Waals surface area contributed by atoms with Gasteiger partial charge in [0.2, 0.25) is 12.2 Å². The zero-order valence-electron chi connectivity index (χ0n) is 15.9. The summed E-state index contributed by atoms with van der Waals surface area (Å²) in [5.41, 5.74) is 5.64. The van der Waals surface area contributed by atoms with Crippen LogP contribution in [0.1, 0.15) is 39.3 Å². The van der Waals surface area contributed by atoms with Crippen molar-refractivity contribution >= 4 is 29.1 Å². The number of hydrogen-bond donors (Lipinski definition) is 1. The van der Waals surface area contributed by atoms with Crippen molar-refractivity contribution in [2.75, 3.05) is 5.73 Å². The van der Waals surface area contributed by atoms with Crippen molar-refractivity contribution in [2.24, 2.45) is 0 Å². The van der Waals surface area contributed by atoms with E-state index < -0.39 is 36.3 Å². The molecule has 1 saturated heterocycles. The van der Waals surface area contributed by atoms with Gasteiger partial charge in [0, 0.05) is 19.9 Å². The van der Waals surface area contributed by atoms with Crippen LogP contribution in [0.25, 0.3) is 11.2 Å². The summed E-state index contributed by atoms with van der Waals surface area (Å²) in [4.78, 5) is 44.3. The molecule has 0 saturated carbocycles. The number of aryl methyl sites for hydroxylation is 1. The number of esters is 2. The number of nitrogens with zero attached hydrogens (tertiary/aromatic N) is 5. The summed E-state index contributed by atoms with van der Waals surface area (Å²) in [5, 5.41) is 8.88. The number of carbonyl (C=O) groups excluding carboxylic acids is 2. The van der Waals surface area contributed by atoms with Gasteiger partial charge in [0.25, 0.3) is 0 Å². The number of nitrogens with two attached hydrogens (primary N) is 1. The first-order chi connectivity index (χ1) is 13.8. The van der Waals surface area contributed by atoms with Crippen LogP contribution in [-0.2, 0) is 30.3 Å². The molecule has 0 aromatic carbocycles. The molecule has 0 radical (unpaired) electrons. The quantitative estimate of drug-likeness (QED) is 0.658. The molecule has 3 heterocycles. The smallest absolute Gasteiger partial charge is 0.332 e. The lowest BCUT2D eigenvalue weighted by Crippen LogP contribution is -2.33. The Morgan fingerprint density at radius 3 is 2.86 bits per heavy atom. The molecule has 1 aliphatic rings. The minimum atomic E-state index is -1.10. The summed E-state index contributed by atoms with van der Waals surface area (Å²) in [5.74, 6) is -1.14. The van der Waals surface area contributed by atoms with Crippen molar-refractivity contribution in [3.05, 3.63) is 16.7 Å². The van der Waals surface area contributed by atoms with Crippen LogP contribution < -0.4 is 11.4 Å². The average Bonchev–Trinajstić information content (AvgIpc) is 3.16. The van der Waals surface area contributed by atoms with E-state index in [0.717, 1.165) is 0 Å². The van der Waals surface area contributed by atoms with E-state index in [2.05, 4.69) is 9.97 Å². The molecule has 0 amide bonds. The van der Waals surface area contributed by atoms with Gasteiger partial charge >= 0.3 is 17.6 Å². The predicted molar refractivity (Wildman–Crippen MR) is 96.9 cm³/mol. The van der Waals surface area contributed by atoms with E-state index in [1.54, 1.807) is 6.92 Å². The molecule has 2 aromatic rings. The molecule has 29 heavy (non-hydrogen) atoms. The maximum Gasteiger partial charge on any atom is 0.332 e. The first-order valence-corrected chi connectivity index (χ1v) is 8.98. The lowest BCUT2D eigenvalue weighted by atomic mass is 10.2. The first kappa shape index (κ1) is 20.3. The molecular formula is C17H20N6O6. The van der Waals surface area contributed by atoms with Gasteiger partial charge in [0.15, 0.2) is 18.0 Å². The van der Waals surface area contributed by atoms with E-state index in [4.69, 9.17) is 25.2 Å². The second-order valence-electron chi connectivity index (χ2n) is 6.33.